The van der Waals surface area contributed by atoms with Gasteiger partial charge in [-0.3, -0.25) is 9.78 Å². The van der Waals surface area contributed by atoms with Gasteiger partial charge in [0.25, 0.3) is 0 Å². The minimum atomic E-state index is -1.48. The van der Waals surface area contributed by atoms with Gasteiger partial charge in [0.1, 0.15) is 0 Å². The first-order valence-corrected chi connectivity index (χ1v) is 7.27. The van der Waals surface area contributed by atoms with Crippen molar-refractivity contribution >= 4 is 5.91 Å². The van der Waals surface area contributed by atoms with Crippen LogP contribution in [0.4, 0.5) is 13.2 Å². The molecule has 1 fully saturated rings. The van der Waals surface area contributed by atoms with Gasteiger partial charge in [-0.25, -0.2) is 13.2 Å². The molecule has 1 unspecified atom stereocenters. The van der Waals surface area contributed by atoms with Crippen LogP contribution in [0.25, 0.3) is 0 Å². The zero-order chi connectivity index (χ0) is 16.6. The van der Waals surface area contributed by atoms with Crippen molar-refractivity contribution in [1.29, 1.82) is 0 Å². The van der Waals surface area contributed by atoms with Gasteiger partial charge in [-0.2, -0.15) is 0 Å². The van der Waals surface area contributed by atoms with Crippen molar-refractivity contribution < 1.29 is 18.0 Å². The number of amides is 1. The molecule has 1 aliphatic rings. The monoisotopic (exact) mass is 319 g/mol. The molecular weight excluding hydrogens is 304 g/mol. The van der Waals surface area contributed by atoms with Gasteiger partial charge in [-0.05, 0) is 41.8 Å². The molecule has 2 heterocycles. The molecule has 3 rings (SSSR count). The van der Waals surface area contributed by atoms with Crippen molar-refractivity contribution in [2.45, 2.75) is 25.8 Å². The van der Waals surface area contributed by atoms with Crippen LogP contribution in [-0.4, -0.2) is 22.3 Å². The fourth-order valence-electron chi connectivity index (χ4n) is 2.84. The average molecular weight is 319 g/mol. The van der Waals surface area contributed by atoms with E-state index in [-0.39, 0.29) is 18.2 Å². The van der Waals surface area contributed by atoms with Crippen LogP contribution < -0.4 is 0 Å². The normalized spacial score (nSPS) is 17.8. The highest BCUT2D eigenvalue weighted by molar-refractivity contribution is 5.79. The first-order valence-electron chi connectivity index (χ1n) is 7.27. The highest BCUT2D eigenvalue weighted by atomic mass is 19.1. The smallest absolute Gasteiger partial charge is 0.223 e. The first-order chi connectivity index (χ1) is 11.0. The number of carbonyl (C=O) groups is 1. The molecule has 0 saturated carbocycles. The maximum atomic E-state index is 13.4. The van der Waals surface area contributed by atoms with Crippen molar-refractivity contribution in [3.8, 4) is 0 Å². The maximum absolute atomic E-state index is 13.4. The number of carbonyl (C=O) groups excluding carboxylic acids is 1. The molecule has 1 aliphatic heterocycles. The quantitative estimate of drug-likeness (QED) is 0.813. The number of rotatable bonds is 3. The number of benzene rings is 1. The second kappa shape index (κ2) is 6.02. The number of likely N-dealkylation sites (tertiary alicyclic amines) is 1. The molecule has 1 aromatic heterocycles. The van der Waals surface area contributed by atoms with Crippen LogP contribution in [0.3, 0.4) is 0 Å². The van der Waals surface area contributed by atoms with E-state index in [1.165, 1.54) is 0 Å². The minimum Gasteiger partial charge on any atom is -0.338 e. The number of hydrogen-bond acceptors (Lipinski definition) is 2. The molecule has 2 aromatic rings. The SMILES string of the molecule is Cc1cnccc1CN1CC(c2cc(F)c([18F])c(F)c2)CC1=O. The maximum Gasteiger partial charge on any atom is 0.223 e. The number of hydrogen-bond donors (Lipinski definition) is 0. The number of nitrogens with zero attached hydrogens (tertiary/aromatic N) is 2. The molecule has 0 N–H and O–H groups in total. The number of aromatic nitrogens is 1. The van der Waals surface area contributed by atoms with E-state index in [4.69, 9.17) is 0 Å². The second-order valence-corrected chi connectivity index (χ2v) is 5.78. The third kappa shape index (κ3) is 3.06. The summed E-state index contributed by atoms with van der Waals surface area (Å²) in [6.45, 7) is 2.69. The van der Waals surface area contributed by atoms with E-state index in [1.54, 1.807) is 17.3 Å². The molecule has 0 radical (unpaired) electrons. The van der Waals surface area contributed by atoms with Crippen LogP contribution in [0.1, 0.15) is 29.0 Å². The Morgan fingerprint density at radius 3 is 2.61 bits per heavy atom. The van der Waals surface area contributed by atoms with Gasteiger partial charge in [0, 0.05) is 37.8 Å². The molecule has 6 heteroatoms. The molecule has 1 atom stereocenters. The zero-order valence-electron chi connectivity index (χ0n) is 12.5. The lowest BCUT2D eigenvalue weighted by atomic mass is 9.98. The average Bonchev–Trinajstić information content (AvgIpc) is 2.88. The third-order valence-electron chi connectivity index (χ3n) is 4.19. The molecule has 1 amide bonds. The van der Waals surface area contributed by atoms with Crippen LogP contribution in [0.5, 0.6) is 0 Å². The van der Waals surface area contributed by atoms with E-state index in [2.05, 4.69) is 4.98 Å². The van der Waals surface area contributed by atoms with Crippen LogP contribution in [0.15, 0.2) is 30.6 Å². The predicted octanol–water partition coefficient (Wildman–Crippen LogP) is 3.32. The largest absolute Gasteiger partial charge is 0.338 e. The summed E-state index contributed by atoms with van der Waals surface area (Å²) in [5.41, 5.74) is 2.26. The minimum absolute atomic E-state index is 0.0867. The van der Waals surface area contributed by atoms with Crippen molar-refractivity contribution in [2.24, 2.45) is 0 Å². The molecule has 1 aromatic carbocycles. The van der Waals surface area contributed by atoms with Gasteiger partial charge >= 0.3 is 0 Å². The van der Waals surface area contributed by atoms with Crippen molar-refractivity contribution in [3.63, 3.8) is 0 Å². The topological polar surface area (TPSA) is 33.2 Å². The summed E-state index contributed by atoms with van der Waals surface area (Å²) < 4.78 is 39.8. The molecular formula is C17H15F3N2O. The Hall–Kier alpha value is -2.37. The Balaban J connectivity index is 1.79. The lowest BCUT2D eigenvalue weighted by Crippen LogP contribution is -2.24. The van der Waals surface area contributed by atoms with Gasteiger partial charge in [0.2, 0.25) is 5.91 Å². The van der Waals surface area contributed by atoms with E-state index in [0.717, 1.165) is 23.3 Å². The van der Waals surface area contributed by atoms with Crippen LogP contribution in [0.2, 0.25) is 0 Å². The van der Waals surface area contributed by atoms with E-state index in [9.17, 15) is 18.0 Å². The van der Waals surface area contributed by atoms with E-state index in [0.29, 0.717) is 18.7 Å². The standard InChI is InChI=1S/C17H15F3N2O/c1-10-7-21-3-2-11(10)8-22-9-13(6-16(22)23)12-4-14(18)17(20)15(19)5-12/h2-5,7,13H,6,8-9H2,1H3/i20-1. The van der Waals surface area contributed by atoms with Gasteiger partial charge in [-0.1, -0.05) is 0 Å². The summed E-state index contributed by atoms with van der Waals surface area (Å²) >= 11 is 0. The van der Waals surface area contributed by atoms with Gasteiger partial charge in [-0.15, -0.1) is 0 Å². The lowest BCUT2D eigenvalue weighted by Gasteiger charge is -2.18. The zero-order valence-corrected chi connectivity index (χ0v) is 12.5. The molecule has 0 aliphatic carbocycles. The van der Waals surface area contributed by atoms with E-state index >= 15 is 0 Å². The Labute approximate surface area is 131 Å². The highest BCUT2D eigenvalue weighted by Crippen LogP contribution is 2.31. The second-order valence-electron chi connectivity index (χ2n) is 5.78. The van der Waals surface area contributed by atoms with E-state index < -0.39 is 17.5 Å². The summed E-state index contributed by atoms with van der Waals surface area (Å²) in [6.07, 6.45) is 3.54. The summed E-state index contributed by atoms with van der Waals surface area (Å²) in [7, 11) is 0. The lowest BCUT2D eigenvalue weighted by molar-refractivity contribution is -0.128. The van der Waals surface area contributed by atoms with Crippen LogP contribution >= 0.6 is 0 Å². The molecule has 0 spiro atoms. The molecule has 0 bridgehead atoms. The van der Waals surface area contributed by atoms with Gasteiger partial charge in [0.05, 0.1) is 0 Å². The molecule has 23 heavy (non-hydrogen) atoms. The summed E-state index contributed by atoms with van der Waals surface area (Å²) in [6, 6.07) is 3.78. The van der Waals surface area contributed by atoms with Crippen LogP contribution in [0, 0.1) is 24.4 Å². The van der Waals surface area contributed by atoms with Crippen LogP contribution in [-0.2, 0) is 11.3 Å². The number of pyridine rings is 1. The summed E-state index contributed by atoms with van der Waals surface area (Å²) in [4.78, 5) is 17.8. The van der Waals surface area contributed by atoms with E-state index in [1.807, 2.05) is 13.0 Å². The molecule has 1 saturated heterocycles. The van der Waals surface area contributed by atoms with Crippen molar-refractivity contribution in [3.05, 3.63) is 64.7 Å². The molecule has 120 valence electrons. The highest BCUT2D eigenvalue weighted by Gasteiger charge is 2.31. The van der Waals surface area contributed by atoms with Crippen molar-refractivity contribution in [2.75, 3.05) is 6.54 Å². The summed E-state index contributed by atoms with van der Waals surface area (Å²) in [5, 5.41) is 0. The van der Waals surface area contributed by atoms with Crippen molar-refractivity contribution in [1.82, 2.24) is 9.88 Å². The fourth-order valence-corrected chi connectivity index (χ4v) is 2.84. The Kier molecular flexibility index (Phi) is 4.07. The van der Waals surface area contributed by atoms with Gasteiger partial charge in [0.15, 0.2) is 17.5 Å². The van der Waals surface area contributed by atoms with Gasteiger partial charge < -0.3 is 4.90 Å². The number of aryl methyl sites for hydroxylation is 1. The Bertz CT molecular complexity index is 740. The third-order valence-corrected chi connectivity index (χ3v) is 4.19. The fraction of sp³-hybridized carbons (Fsp3) is 0.294. The number of halogens is 3. The molecule has 3 nitrogen and oxygen atoms in total. The predicted molar refractivity (Wildman–Crippen MR) is 78.1 cm³/mol. The Morgan fingerprint density at radius 2 is 1.96 bits per heavy atom. The first kappa shape index (κ1) is 15.5. The Morgan fingerprint density at radius 1 is 1.26 bits per heavy atom. The summed E-state index contributed by atoms with van der Waals surface area (Å²) in [5.74, 6) is -4.36.